The van der Waals surface area contributed by atoms with Crippen LogP contribution in [-0.2, 0) is 6.54 Å². The van der Waals surface area contributed by atoms with Crippen LogP contribution in [0.4, 0.5) is 0 Å². The Kier molecular flexibility index (Phi) is 7.95. The van der Waals surface area contributed by atoms with Crippen LogP contribution >= 0.6 is 0 Å². The average molecular weight is 405 g/mol. The van der Waals surface area contributed by atoms with E-state index in [1.165, 1.54) is 19.4 Å². The molecule has 0 atom stereocenters. The van der Waals surface area contributed by atoms with Crippen molar-refractivity contribution in [3.05, 3.63) is 17.3 Å². The fourth-order valence-electron chi connectivity index (χ4n) is 4.37. The van der Waals surface area contributed by atoms with Crippen molar-refractivity contribution in [3.63, 3.8) is 0 Å². The molecule has 2 aliphatic heterocycles. The average Bonchev–Trinajstić information content (AvgIpc) is 3.01. The zero-order valence-electron chi connectivity index (χ0n) is 19.1. The normalized spacial score (nSPS) is 20.6. The van der Waals surface area contributed by atoms with Crippen LogP contribution in [0, 0.1) is 25.7 Å². The molecule has 0 saturated carbocycles. The monoisotopic (exact) mass is 404 g/mol. The lowest BCUT2D eigenvalue weighted by Gasteiger charge is -2.38. The van der Waals surface area contributed by atoms with Gasteiger partial charge in [0.2, 0.25) is 5.89 Å². The summed E-state index contributed by atoms with van der Waals surface area (Å²) in [6.07, 6.45) is 2.43. The van der Waals surface area contributed by atoms with Crippen LogP contribution < -0.4 is 5.32 Å². The van der Waals surface area contributed by atoms with Crippen LogP contribution in [0.1, 0.15) is 44.0 Å². The predicted octanol–water partition coefficient (Wildman–Crippen LogP) is 2.35. The van der Waals surface area contributed by atoms with Gasteiger partial charge in [0.05, 0.1) is 12.2 Å². The summed E-state index contributed by atoms with van der Waals surface area (Å²) < 4.78 is 5.74. The summed E-state index contributed by atoms with van der Waals surface area (Å²) in [5.41, 5.74) is 1.01. The van der Waals surface area contributed by atoms with Gasteiger partial charge in [-0.2, -0.15) is 0 Å². The van der Waals surface area contributed by atoms with Crippen molar-refractivity contribution in [1.29, 1.82) is 0 Å². The van der Waals surface area contributed by atoms with E-state index in [-0.39, 0.29) is 0 Å². The van der Waals surface area contributed by atoms with E-state index in [4.69, 9.17) is 4.42 Å². The summed E-state index contributed by atoms with van der Waals surface area (Å²) in [4.78, 5) is 16.5. The second kappa shape index (κ2) is 10.4. The van der Waals surface area contributed by atoms with Gasteiger partial charge in [-0.1, -0.05) is 13.8 Å². The summed E-state index contributed by atoms with van der Waals surface area (Å²) in [6, 6.07) is 0. The molecule has 0 radical (unpaired) electrons. The highest BCUT2D eigenvalue weighted by molar-refractivity contribution is 5.80. The molecule has 0 aliphatic carbocycles. The van der Waals surface area contributed by atoms with Crippen molar-refractivity contribution in [2.24, 2.45) is 16.8 Å². The maximum Gasteiger partial charge on any atom is 0.208 e. The fourth-order valence-corrected chi connectivity index (χ4v) is 4.37. The Hall–Kier alpha value is -1.60. The Morgan fingerprint density at radius 2 is 1.79 bits per heavy atom. The van der Waals surface area contributed by atoms with Gasteiger partial charge in [-0.05, 0) is 51.6 Å². The minimum atomic E-state index is 0.707. The van der Waals surface area contributed by atoms with E-state index < -0.39 is 0 Å². The number of guanidine groups is 1. The van der Waals surface area contributed by atoms with Gasteiger partial charge in [0.25, 0.3) is 0 Å². The molecule has 7 nitrogen and oxygen atoms in total. The van der Waals surface area contributed by atoms with E-state index in [2.05, 4.69) is 43.8 Å². The highest BCUT2D eigenvalue weighted by atomic mass is 16.4. The number of piperidine rings is 1. The van der Waals surface area contributed by atoms with Crippen molar-refractivity contribution < 1.29 is 4.42 Å². The molecule has 0 amide bonds. The van der Waals surface area contributed by atoms with E-state index in [1.54, 1.807) is 0 Å². The van der Waals surface area contributed by atoms with E-state index in [0.29, 0.717) is 5.92 Å². The number of aliphatic imine (C=N–C) groups is 1. The molecular formula is C22H40N6O. The molecule has 0 unspecified atom stereocenters. The number of hydrogen-bond acceptors (Lipinski definition) is 5. The number of nitrogens with zero attached hydrogens (tertiary/aromatic N) is 5. The van der Waals surface area contributed by atoms with Crippen LogP contribution in [0.15, 0.2) is 9.41 Å². The second-order valence-electron chi connectivity index (χ2n) is 9.08. The van der Waals surface area contributed by atoms with Gasteiger partial charge in [0, 0.05) is 46.3 Å². The molecule has 3 rings (SSSR count). The first-order chi connectivity index (χ1) is 13.9. The minimum absolute atomic E-state index is 0.707. The summed E-state index contributed by atoms with van der Waals surface area (Å²) in [7, 11) is 1.91. The molecule has 2 fully saturated rings. The lowest BCUT2D eigenvalue weighted by molar-refractivity contribution is 0.157. The molecule has 0 aromatic carbocycles. The van der Waals surface area contributed by atoms with Crippen LogP contribution in [0.3, 0.4) is 0 Å². The van der Waals surface area contributed by atoms with Crippen molar-refractivity contribution in [1.82, 2.24) is 25.0 Å². The van der Waals surface area contributed by atoms with E-state index in [0.717, 1.165) is 81.6 Å². The molecule has 0 bridgehead atoms. The second-order valence-corrected chi connectivity index (χ2v) is 9.08. The third-order valence-electron chi connectivity index (χ3n) is 6.19. The summed E-state index contributed by atoms with van der Waals surface area (Å²) in [5, 5.41) is 3.65. The number of aryl methyl sites for hydroxylation is 2. The van der Waals surface area contributed by atoms with Gasteiger partial charge >= 0.3 is 0 Å². The molecule has 0 spiro atoms. The third-order valence-corrected chi connectivity index (χ3v) is 6.19. The van der Waals surface area contributed by atoms with Gasteiger partial charge < -0.3 is 14.6 Å². The molecule has 1 N–H and O–H groups in total. The Balaban J connectivity index is 1.37. The van der Waals surface area contributed by atoms with Crippen molar-refractivity contribution in [2.75, 3.05) is 59.4 Å². The molecule has 1 aromatic rings. The first kappa shape index (κ1) is 22.1. The topological polar surface area (TPSA) is 60.1 Å². The number of piperazine rings is 1. The Morgan fingerprint density at radius 3 is 2.34 bits per heavy atom. The standard InChI is InChI=1S/C22H40N6O/c1-17(2)15-27-10-12-28(13-11-27)22(23-5)24-14-20-6-8-26(9-7-20)16-21-25-18(3)19(4)29-21/h17,20H,6-16H2,1-5H3,(H,23,24). The Labute approximate surface area is 176 Å². The number of oxazole rings is 1. The fraction of sp³-hybridized carbons (Fsp3) is 0.818. The maximum absolute atomic E-state index is 5.74. The van der Waals surface area contributed by atoms with Gasteiger partial charge in [0.1, 0.15) is 5.76 Å². The first-order valence-corrected chi connectivity index (χ1v) is 11.3. The first-order valence-electron chi connectivity index (χ1n) is 11.3. The molecular weight excluding hydrogens is 364 g/mol. The van der Waals surface area contributed by atoms with Gasteiger partial charge in [-0.25, -0.2) is 4.98 Å². The molecule has 2 aliphatic rings. The highest BCUT2D eigenvalue weighted by Gasteiger charge is 2.23. The van der Waals surface area contributed by atoms with E-state index in [1.807, 2.05) is 20.9 Å². The van der Waals surface area contributed by atoms with Gasteiger partial charge in [-0.15, -0.1) is 0 Å². The highest BCUT2D eigenvalue weighted by Crippen LogP contribution is 2.19. The van der Waals surface area contributed by atoms with Crippen LogP contribution in [0.2, 0.25) is 0 Å². The molecule has 7 heteroatoms. The SMILES string of the molecule is CN=C(NCC1CCN(Cc2nc(C)c(C)o2)CC1)N1CCN(CC(C)C)CC1. The molecule has 2 saturated heterocycles. The Bertz CT molecular complexity index is 635. The quantitative estimate of drug-likeness (QED) is 0.580. The molecule has 1 aromatic heterocycles. The molecule has 29 heavy (non-hydrogen) atoms. The summed E-state index contributed by atoms with van der Waals surface area (Å²) in [5.74, 6) is 4.31. The Morgan fingerprint density at radius 1 is 1.10 bits per heavy atom. The summed E-state index contributed by atoms with van der Waals surface area (Å²) in [6.45, 7) is 18.3. The van der Waals surface area contributed by atoms with Gasteiger partial charge in [0.15, 0.2) is 5.96 Å². The van der Waals surface area contributed by atoms with Crippen molar-refractivity contribution in [2.45, 2.75) is 47.1 Å². The summed E-state index contributed by atoms with van der Waals surface area (Å²) >= 11 is 0. The largest absolute Gasteiger partial charge is 0.444 e. The minimum Gasteiger partial charge on any atom is -0.444 e. The van der Waals surface area contributed by atoms with Gasteiger partial charge in [-0.3, -0.25) is 14.8 Å². The smallest absolute Gasteiger partial charge is 0.208 e. The maximum atomic E-state index is 5.74. The lowest BCUT2D eigenvalue weighted by Crippen LogP contribution is -2.53. The number of nitrogens with one attached hydrogen (secondary N) is 1. The number of hydrogen-bond donors (Lipinski definition) is 1. The van der Waals surface area contributed by atoms with Crippen LogP contribution in [0.25, 0.3) is 0 Å². The predicted molar refractivity (Wildman–Crippen MR) is 118 cm³/mol. The molecule has 3 heterocycles. The van der Waals surface area contributed by atoms with Crippen LogP contribution in [0.5, 0.6) is 0 Å². The van der Waals surface area contributed by atoms with E-state index >= 15 is 0 Å². The van der Waals surface area contributed by atoms with Crippen molar-refractivity contribution >= 4 is 5.96 Å². The zero-order chi connectivity index (χ0) is 20.8. The van der Waals surface area contributed by atoms with Crippen molar-refractivity contribution in [3.8, 4) is 0 Å². The number of aromatic nitrogens is 1. The number of rotatable bonds is 6. The number of likely N-dealkylation sites (tertiary alicyclic amines) is 1. The van der Waals surface area contributed by atoms with E-state index in [9.17, 15) is 0 Å². The third kappa shape index (κ3) is 6.44. The lowest BCUT2D eigenvalue weighted by atomic mass is 9.97. The van der Waals surface area contributed by atoms with Crippen LogP contribution in [-0.4, -0.2) is 85.0 Å². The zero-order valence-corrected chi connectivity index (χ0v) is 19.1. The molecule has 164 valence electrons.